The van der Waals surface area contributed by atoms with E-state index in [2.05, 4.69) is 12.2 Å². The molecule has 100 valence electrons. The summed E-state index contributed by atoms with van der Waals surface area (Å²) in [6.07, 6.45) is 2.88. The fourth-order valence-electron chi connectivity index (χ4n) is 1.60. The topological polar surface area (TPSA) is 38.3 Å². The first-order valence-electron chi connectivity index (χ1n) is 6.64. The number of benzene rings is 1. The smallest absolute Gasteiger partial charge is 0.260 e. The maximum atomic E-state index is 11.7. The predicted octanol–water partition coefficient (Wildman–Crippen LogP) is 3.07. The molecule has 1 amide bonds. The molecule has 0 fully saturated rings. The van der Waals surface area contributed by atoms with Gasteiger partial charge in [-0.05, 0) is 32.4 Å². The summed E-state index contributed by atoms with van der Waals surface area (Å²) in [7, 11) is 0. The van der Waals surface area contributed by atoms with Crippen LogP contribution in [0.25, 0.3) is 0 Å². The molecule has 0 unspecified atom stereocenters. The fourth-order valence-corrected chi connectivity index (χ4v) is 1.60. The van der Waals surface area contributed by atoms with Crippen LogP contribution in [0.4, 0.5) is 0 Å². The van der Waals surface area contributed by atoms with E-state index in [0.717, 1.165) is 31.6 Å². The van der Waals surface area contributed by atoms with Crippen LogP contribution in [0.15, 0.2) is 24.3 Å². The maximum Gasteiger partial charge on any atom is 0.260 e. The quantitative estimate of drug-likeness (QED) is 0.754. The molecule has 0 saturated heterocycles. The van der Waals surface area contributed by atoms with Crippen molar-refractivity contribution in [2.75, 3.05) is 6.54 Å². The number of aryl methyl sites for hydroxylation is 1. The Hall–Kier alpha value is -1.51. The molecule has 0 bridgehead atoms. The highest BCUT2D eigenvalue weighted by atomic mass is 16.5. The molecule has 0 aliphatic rings. The van der Waals surface area contributed by atoms with Crippen molar-refractivity contribution in [1.29, 1.82) is 0 Å². The Labute approximate surface area is 110 Å². The minimum Gasteiger partial charge on any atom is -0.481 e. The van der Waals surface area contributed by atoms with Gasteiger partial charge in [-0.3, -0.25) is 4.79 Å². The van der Waals surface area contributed by atoms with E-state index in [1.807, 2.05) is 31.2 Å². The molecule has 1 aromatic rings. The molecule has 0 heterocycles. The second-order valence-corrected chi connectivity index (χ2v) is 4.57. The summed E-state index contributed by atoms with van der Waals surface area (Å²) in [6.45, 7) is 6.67. The first kappa shape index (κ1) is 14.6. The second kappa shape index (κ2) is 7.75. The van der Waals surface area contributed by atoms with Gasteiger partial charge < -0.3 is 10.1 Å². The molecule has 0 aromatic heterocycles. The molecule has 3 heteroatoms. The van der Waals surface area contributed by atoms with Crippen LogP contribution in [0.3, 0.4) is 0 Å². The maximum absolute atomic E-state index is 11.7. The van der Waals surface area contributed by atoms with Crippen molar-refractivity contribution in [3.8, 4) is 5.75 Å². The first-order chi connectivity index (χ1) is 8.63. The number of nitrogens with one attached hydrogen (secondary N) is 1. The van der Waals surface area contributed by atoms with Crippen molar-refractivity contribution < 1.29 is 9.53 Å². The number of hydrogen-bond donors (Lipinski definition) is 1. The Bertz CT molecular complexity index is 359. The molecule has 1 rings (SSSR count). The van der Waals surface area contributed by atoms with E-state index < -0.39 is 6.10 Å². The SMILES string of the molecule is CCCCCNC(=O)[C@H](C)Oc1ccc(C)cc1. The van der Waals surface area contributed by atoms with Gasteiger partial charge in [-0.15, -0.1) is 0 Å². The van der Waals surface area contributed by atoms with E-state index in [0.29, 0.717) is 0 Å². The molecular weight excluding hydrogens is 226 g/mol. The largest absolute Gasteiger partial charge is 0.481 e. The molecule has 3 nitrogen and oxygen atoms in total. The van der Waals surface area contributed by atoms with Gasteiger partial charge in [-0.1, -0.05) is 37.5 Å². The van der Waals surface area contributed by atoms with Crippen molar-refractivity contribution >= 4 is 5.91 Å². The molecule has 0 aliphatic heterocycles. The number of unbranched alkanes of at least 4 members (excludes halogenated alkanes) is 2. The molecule has 1 N–H and O–H groups in total. The fraction of sp³-hybridized carbons (Fsp3) is 0.533. The van der Waals surface area contributed by atoms with Crippen LogP contribution >= 0.6 is 0 Å². The van der Waals surface area contributed by atoms with Crippen LogP contribution in [0.1, 0.15) is 38.7 Å². The van der Waals surface area contributed by atoms with E-state index in [4.69, 9.17) is 4.74 Å². The average Bonchev–Trinajstić information content (AvgIpc) is 2.37. The first-order valence-corrected chi connectivity index (χ1v) is 6.64. The van der Waals surface area contributed by atoms with E-state index in [1.54, 1.807) is 6.92 Å². The highest BCUT2D eigenvalue weighted by Gasteiger charge is 2.13. The van der Waals surface area contributed by atoms with Crippen molar-refractivity contribution in [3.05, 3.63) is 29.8 Å². The molecule has 0 radical (unpaired) electrons. The lowest BCUT2D eigenvalue weighted by Gasteiger charge is -2.14. The molecule has 1 aromatic carbocycles. The summed E-state index contributed by atoms with van der Waals surface area (Å²) in [5.41, 5.74) is 1.18. The standard InChI is InChI=1S/C15H23NO2/c1-4-5-6-11-16-15(17)13(3)18-14-9-7-12(2)8-10-14/h7-10,13H,4-6,11H2,1-3H3,(H,16,17)/t13-/m0/s1. The third-order valence-corrected chi connectivity index (χ3v) is 2.78. The zero-order valence-electron chi connectivity index (χ0n) is 11.5. The number of hydrogen-bond acceptors (Lipinski definition) is 2. The zero-order valence-corrected chi connectivity index (χ0v) is 11.5. The lowest BCUT2D eigenvalue weighted by atomic mass is 10.2. The van der Waals surface area contributed by atoms with Crippen molar-refractivity contribution in [2.45, 2.75) is 46.1 Å². The van der Waals surface area contributed by atoms with E-state index in [1.165, 1.54) is 5.56 Å². The average molecular weight is 249 g/mol. The highest BCUT2D eigenvalue weighted by molar-refractivity contribution is 5.80. The third kappa shape index (κ3) is 5.21. The summed E-state index contributed by atoms with van der Waals surface area (Å²) < 4.78 is 5.58. The van der Waals surface area contributed by atoms with E-state index >= 15 is 0 Å². The minimum absolute atomic E-state index is 0.0494. The van der Waals surface area contributed by atoms with Crippen LogP contribution < -0.4 is 10.1 Å². The van der Waals surface area contributed by atoms with Crippen LogP contribution in [0.2, 0.25) is 0 Å². The monoisotopic (exact) mass is 249 g/mol. The van der Waals surface area contributed by atoms with Crippen molar-refractivity contribution in [1.82, 2.24) is 5.32 Å². The Morgan fingerprint density at radius 3 is 2.56 bits per heavy atom. The number of carbonyl (C=O) groups is 1. The molecule has 0 saturated carbocycles. The minimum atomic E-state index is -0.450. The molecular formula is C15H23NO2. The predicted molar refractivity (Wildman–Crippen MR) is 73.8 cm³/mol. The third-order valence-electron chi connectivity index (χ3n) is 2.78. The highest BCUT2D eigenvalue weighted by Crippen LogP contribution is 2.13. The van der Waals surface area contributed by atoms with Gasteiger partial charge in [-0.2, -0.15) is 0 Å². The number of carbonyl (C=O) groups excluding carboxylic acids is 1. The number of rotatable bonds is 7. The zero-order chi connectivity index (χ0) is 13.4. The summed E-state index contributed by atoms with van der Waals surface area (Å²) in [5.74, 6) is 0.684. The van der Waals surface area contributed by atoms with Crippen LogP contribution in [-0.2, 0) is 4.79 Å². The lowest BCUT2D eigenvalue weighted by molar-refractivity contribution is -0.127. The van der Waals surface area contributed by atoms with E-state index in [-0.39, 0.29) is 5.91 Å². The summed E-state index contributed by atoms with van der Waals surface area (Å²) >= 11 is 0. The Kier molecular flexibility index (Phi) is 6.26. The van der Waals surface area contributed by atoms with Gasteiger partial charge in [0, 0.05) is 6.54 Å². The Balaban J connectivity index is 2.33. The summed E-state index contributed by atoms with van der Waals surface area (Å²) in [5, 5.41) is 2.88. The molecule has 18 heavy (non-hydrogen) atoms. The van der Waals surface area contributed by atoms with Gasteiger partial charge in [0.25, 0.3) is 5.91 Å². The summed E-state index contributed by atoms with van der Waals surface area (Å²) in [6, 6.07) is 7.72. The normalized spacial score (nSPS) is 11.9. The molecule has 1 atom stereocenters. The lowest BCUT2D eigenvalue weighted by Crippen LogP contribution is -2.36. The van der Waals surface area contributed by atoms with Crippen molar-refractivity contribution in [3.63, 3.8) is 0 Å². The number of ether oxygens (including phenoxy) is 1. The Morgan fingerprint density at radius 2 is 1.94 bits per heavy atom. The molecule has 0 spiro atoms. The van der Waals surface area contributed by atoms with Crippen LogP contribution in [0.5, 0.6) is 5.75 Å². The van der Waals surface area contributed by atoms with Gasteiger partial charge >= 0.3 is 0 Å². The van der Waals surface area contributed by atoms with Crippen molar-refractivity contribution in [2.24, 2.45) is 0 Å². The van der Waals surface area contributed by atoms with Gasteiger partial charge in [-0.25, -0.2) is 0 Å². The van der Waals surface area contributed by atoms with E-state index in [9.17, 15) is 4.79 Å². The van der Waals surface area contributed by atoms with Gasteiger partial charge in [0.1, 0.15) is 5.75 Å². The summed E-state index contributed by atoms with van der Waals surface area (Å²) in [4.78, 5) is 11.7. The van der Waals surface area contributed by atoms with Crippen LogP contribution in [0, 0.1) is 6.92 Å². The van der Waals surface area contributed by atoms with Gasteiger partial charge in [0.05, 0.1) is 0 Å². The number of amides is 1. The van der Waals surface area contributed by atoms with Crippen LogP contribution in [-0.4, -0.2) is 18.6 Å². The molecule has 0 aliphatic carbocycles. The van der Waals surface area contributed by atoms with Gasteiger partial charge in [0.2, 0.25) is 0 Å². The van der Waals surface area contributed by atoms with Gasteiger partial charge in [0.15, 0.2) is 6.10 Å². The Morgan fingerprint density at radius 1 is 1.28 bits per heavy atom. The second-order valence-electron chi connectivity index (χ2n) is 4.57.